The Morgan fingerprint density at radius 3 is 2.39 bits per heavy atom. The van der Waals surface area contributed by atoms with Crippen molar-refractivity contribution >= 4 is 28.4 Å². The highest BCUT2D eigenvalue weighted by Gasteiger charge is 2.23. The van der Waals surface area contributed by atoms with Gasteiger partial charge < -0.3 is 14.5 Å². The maximum atomic E-state index is 13.2. The Morgan fingerprint density at radius 1 is 1.00 bits per heavy atom. The van der Waals surface area contributed by atoms with Crippen LogP contribution in [0.25, 0.3) is 10.9 Å². The topological polar surface area (TPSA) is 58.6 Å². The van der Waals surface area contributed by atoms with Gasteiger partial charge in [-0.3, -0.25) is 0 Å². The zero-order valence-corrected chi connectivity index (χ0v) is 15.6. The van der Waals surface area contributed by atoms with Gasteiger partial charge in [0.15, 0.2) is 0 Å². The molecule has 0 N–H and O–H groups in total. The second-order valence-electron chi connectivity index (χ2n) is 6.56. The van der Waals surface area contributed by atoms with Crippen LogP contribution in [0, 0.1) is 5.82 Å². The molecular formula is C21H21FN4O2. The zero-order chi connectivity index (χ0) is 19.5. The van der Waals surface area contributed by atoms with Crippen LogP contribution in [0.1, 0.15) is 17.5 Å². The summed E-state index contributed by atoms with van der Waals surface area (Å²) < 4.78 is 18.2. The minimum Gasteiger partial charge on any atom is -0.460 e. The number of carbonyl (C=O) groups excluding carboxylic acids is 1. The highest BCUT2D eigenvalue weighted by atomic mass is 19.1. The van der Waals surface area contributed by atoms with Crippen LogP contribution in [0.15, 0.2) is 48.5 Å². The summed E-state index contributed by atoms with van der Waals surface area (Å²) in [6, 6.07) is 14.2. The first-order valence-corrected chi connectivity index (χ1v) is 9.35. The van der Waals surface area contributed by atoms with E-state index in [4.69, 9.17) is 4.74 Å². The number of carbonyl (C=O) groups is 1. The maximum absolute atomic E-state index is 13.2. The van der Waals surface area contributed by atoms with E-state index >= 15 is 0 Å². The molecule has 0 atom stereocenters. The van der Waals surface area contributed by atoms with Crippen molar-refractivity contribution < 1.29 is 13.9 Å². The van der Waals surface area contributed by atoms with Gasteiger partial charge in [-0.25, -0.2) is 19.2 Å². The van der Waals surface area contributed by atoms with Gasteiger partial charge in [0.25, 0.3) is 0 Å². The highest BCUT2D eigenvalue weighted by molar-refractivity contribution is 5.94. The van der Waals surface area contributed by atoms with Crippen molar-refractivity contribution in [2.24, 2.45) is 0 Å². The van der Waals surface area contributed by atoms with Crippen LogP contribution in [0.2, 0.25) is 0 Å². The Labute approximate surface area is 162 Å². The maximum Gasteiger partial charge on any atom is 0.376 e. The number of piperazine rings is 1. The molecule has 0 saturated carbocycles. The zero-order valence-electron chi connectivity index (χ0n) is 15.6. The monoisotopic (exact) mass is 380 g/mol. The van der Waals surface area contributed by atoms with Crippen LogP contribution in [0.5, 0.6) is 0 Å². The van der Waals surface area contributed by atoms with E-state index in [9.17, 15) is 9.18 Å². The molecule has 1 aliphatic rings. The van der Waals surface area contributed by atoms with Gasteiger partial charge in [0.1, 0.15) is 11.6 Å². The molecule has 1 aromatic heterocycles. The van der Waals surface area contributed by atoms with Gasteiger partial charge in [-0.2, -0.15) is 0 Å². The van der Waals surface area contributed by atoms with Crippen LogP contribution >= 0.6 is 0 Å². The van der Waals surface area contributed by atoms with Crippen LogP contribution in [-0.4, -0.2) is 48.7 Å². The molecule has 1 fully saturated rings. The highest BCUT2D eigenvalue weighted by Crippen LogP contribution is 2.26. The molecule has 0 spiro atoms. The normalized spacial score (nSPS) is 14.4. The summed E-state index contributed by atoms with van der Waals surface area (Å²) in [6.45, 7) is 5.06. The molecule has 2 heterocycles. The number of halogens is 1. The van der Waals surface area contributed by atoms with E-state index in [-0.39, 0.29) is 18.2 Å². The molecule has 1 aliphatic heterocycles. The summed E-state index contributed by atoms with van der Waals surface area (Å²) in [5.41, 5.74) is 1.72. The third-order valence-corrected chi connectivity index (χ3v) is 4.81. The smallest absolute Gasteiger partial charge is 0.376 e. The van der Waals surface area contributed by atoms with E-state index in [0.29, 0.717) is 0 Å². The van der Waals surface area contributed by atoms with E-state index in [0.717, 1.165) is 48.6 Å². The summed E-state index contributed by atoms with van der Waals surface area (Å²) in [6.07, 6.45) is 0. The third kappa shape index (κ3) is 3.60. The van der Waals surface area contributed by atoms with Crippen LogP contribution in [0.3, 0.4) is 0 Å². The number of para-hydroxylation sites is 1. The van der Waals surface area contributed by atoms with Gasteiger partial charge in [-0.1, -0.05) is 12.1 Å². The summed E-state index contributed by atoms with van der Waals surface area (Å²) in [7, 11) is 0. The lowest BCUT2D eigenvalue weighted by Crippen LogP contribution is -2.47. The first-order valence-electron chi connectivity index (χ1n) is 9.35. The molecule has 144 valence electrons. The van der Waals surface area contributed by atoms with E-state index in [2.05, 4.69) is 19.8 Å². The van der Waals surface area contributed by atoms with Gasteiger partial charge in [-0.15, -0.1) is 0 Å². The second kappa shape index (κ2) is 7.80. The van der Waals surface area contributed by atoms with E-state index in [1.165, 1.54) is 12.1 Å². The number of aromatic nitrogens is 2. The third-order valence-electron chi connectivity index (χ3n) is 4.81. The Kier molecular flexibility index (Phi) is 5.06. The van der Waals surface area contributed by atoms with E-state index in [1.54, 1.807) is 19.1 Å². The summed E-state index contributed by atoms with van der Waals surface area (Å²) in [4.78, 5) is 25.4. The molecule has 0 unspecified atom stereocenters. The van der Waals surface area contributed by atoms with Gasteiger partial charge in [0, 0.05) is 37.3 Å². The first kappa shape index (κ1) is 18.2. The molecule has 7 heteroatoms. The average molecular weight is 380 g/mol. The van der Waals surface area contributed by atoms with Crippen molar-refractivity contribution in [3.63, 3.8) is 0 Å². The first-order chi connectivity index (χ1) is 13.7. The fourth-order valence-electron chi connectivity index (χ4n) is 3.42. The van der Waals surface area contributed by atoms with Gasteiger partial charge in [0.05, 0.1) is 12.1 Å². The number of ether oxygens (including phenoxy) is 1. The lowest BCUT2D eigenvalue weighted by atomic mass is 10.2. The predicted octanol–water partition coefficient (Wildman–Crippen LogP) is 3.27. The molecule has 0 bridgehead atoms. The van der Waals surface area contributed by atoms with Crippen LogP contribution in [-0.2, 0) is 4.74 Å². The number of esters is 1. The molecule has 0 aliphatic carbocycles. The van der Waals surface area contributed by atoms with Gasteiger partial charge >= 0.3 is 5.97 Å². The van der Waals surface area contributed by atoms with E-state index < -0.39 is 5.97 Å². The Bertz CT molecular complexity index is 985. The molecule has 28 heavy (non-hydrogen) atoms. The fraction of sp³-hybridized carbons (Fsp3) is 0.286. The van der Waals surface area contributed by atoms with Crippen molar-refractivity contribution in [2.45, 2.75) is 6.92 Å². The van der Waals surface area contributed by atoms with Crippen molar-refractivity contribution in [3.05, 3.63) is 60.2 Å². The fourth-order valence-corrected chi connectivity index (χ4v) is 3.42. The average Bonchev–Trinajstić information content (AvgIpc) is 2.74. The van der Waals surface area contributed by atoms with Crippen molar-refractivity contribution in [1.82, 2.24) is 9.97 Å². The van der Waals surface area contributed by atoms with E-state index in [1.807, 2.05) is 24.3 Å². The summed E-state index contributed by atoms with van der Waals surface area (Å²) in [5.74, 6) is 0.0738. The Balaban J connectivity index is 1.60. The summed E-state index contributed by atoms with van der Waals surface area (Å²) >= 11 is 0. The second-order valence-corrected chi connectivity index (χ2v) is 6.56. The molecule has 2 aromatic carbocycles. The number of anilines is 2. The largest absolute Gasteiger partial charge is 0.460 e. The standard InChI is InChI=1S/C21H21FN4O2/c1-2-28-21(27)19-23-18-6-4-3-5-17(18)20(24-19)26-13-11-25(12-14-26)16-9-7-15(22)8-10-16/h3-10H,2,11-14H2,1H3. The Hall–Kier alpha value is -3.22. The minimum absolute atomic E-state index is 0.0801. The predicted molar refractivity (Wildman–Crippen MR) is 106 cm³/mol. The number of hydrogen-bond acceptors (Lipinski definition) is 6. The van der Waals surface area contributed by atoms with Crippen LogP contribution < -0.4 is 9.80 Å². The van der Waals surface area contributed by atoms with Crippen molar-refractivity contribution in [1.29, 1.82) is 0 Å². The molecule has 0 amide bonds. The lowest BCUT2D eigenvalue weighted by molar-refractivity contribution is 0.0512. The quantitative estimate of drug-likeness (QED) is 0.648. The van der Waals surface area contributed by atoms with Crippen LogP contribution in [0.4, 0.5) is 15.9 Å². The molecule has 6 nitrogen and oxygen atoms in total. The molecule has 0 radical (unpaired) electrons. The van der Waals surface area contributed by atoms with Gasteiger partial charge in [0.2, 0.25) is 5.82 Å². The van der Waals surface area contributed by atoms with Gasteiger partial charge in [-0.05, 0) is 43.3 Å². The molecule has 4 rings (SSSR count). The number of rotatable bonds is 4. The number of hydrogen-bond donors (Lipinski definition) is 0. The van der Waals surface area contributed by atoms with Crippen molar-refractivity contribution in [3.8, 4) is 0 Å². The summed E-state index contributed by atoms with van der Waals surface area (Å²) in [5, 5.41) is 0.908. The molecule has 1 saturated heterocycles. The number of nitrogens with zero attached hydrogens (tertiary/aromatic N) is 4. The minimum atomic E-state index is -0.514. The Morgan fingerprint density at radius 2 is 1.68 bits per heavy atom. The molecular weight excluding hydrogens is 359 g/mol. The number of benzene rings is 2. The molecule has 3 aromatic rings. The van der Waals surface area contributed by atoms with Crippen molar-refractivity contribution in [2.75, 3.05) is 42.6 Å². The lowest BCUT2D eigenvalue weighted by Gasteiger charge is -2.37. The SMILES string of the molecule is CCOC(=O)c1nc(N2CCN(c3ccc(F)cc3)CC2)c2ccccc2n1. The number of fused-ring (bicyclic) bond motifs is 1.